The first kappa shape index (κ1) is 14.9. The zero-order valence-electron chi connectivity index (χ0n) is 11.3. The predicted octanol–water partition coefficient (Wildman–Crippen LogP) is 3.22. The van der Waals surface area contributed by atoms with Crippen molar-refractivity contribution in [1.29, 1.82) is 0 Å². The Hall–Kier alpha value is -1.52. The average Bonchev–Trinajstić information content (AvgIpc) is 2.41. The number of nitrogens with one attached hydrogen (secondary N) is 1. The second-order valence-electron chi connectivity index (χ2n) is 5.13. The molecule has 3 nitrogen and oxygen atoms in total. The maximum absolute atomic E-state index is 9.66. The zero-order chi connectivity index (χ0) is 13.4. The lowest BCUT2D eigenvalue weighted by Crippen LogP contribution is -2.28. The van der Waals surface area contributed by atoms with E-state index in [9.17, 15) is 10.2 Å². The van der Waals surface area contributed by atoms with Crippen molar-refractivity contribution in [3.63, 3.8) is 0 Å². The Labute approximate surface area is 129 Å². The van der Waals surface area contributed by atoms with Crippen LogP contribution in [0.5, 0.6) is 11.5 Å². The van der Waals surface area contributed by atoms with E-state index in [0.29, 0.717) is 0 Å². The summed E-state index contributed by atoms with van der Waals surface area (Å²) < 4.78 is 0. The van der Waals surface area contributed by atoms with Crippen molar-refractivity contribution in [3.05, 3.63) is 58.7 Å². The van der Waals surface area contributed by atoms with Crippen molar-refractivity contribution in [2.24, 2.45) is 0 Å². The van der Waals surface area contributed by atoms with Gasteiger partial charge in [0.15, 0.2) is 11.5 Å². The van der Waals surface area contributed by atoms with Crippen molar-refractivity contribution in [2.45, 2.75) is 19.4 Å². The van der Waals surface area contributed by atoms with Gasteiger partial charge in [0.1, 0.15) is 0 Å². The molecule has 0 radical (unpaired) electrons. The highest BCUT2D eigenvalue weighted by molar-refractivity contribution is 8.93. The van der Waals surface area contributed by atoms with Gasteiger partial charge in [0, 0.05) is 19.0 Å². The number of phenols is 2. The van der Waals surface area contributed by atoms with Crippen LogP contribution in [0.15, 0.2) is 36.4 Å². The Morgan fingerprint density at radius 1 is 1.05 bits per heavy atom. The highest BCUT2D eigenvalue weighted by atomic mass is 79.9. The van der Waals surface area contributed by atoms with E-state index in [1.165, 1.54) is 16.7 Å². The second-order valence-corrected chi connectivity index (χ2v) is 5.13. The Balaban J connectivity index is 0.00000147. The molecule has 106 valence electrons. The summed E-state index contributed by atoms with van der Waals surface area (Å²) in [7, 11) is 0. The van der Waals surface area contributed by atoms with Crippen LogP contribution in [-0.4, -0.2) is 16.8 Å². The average molecular weight is 336 g/mol. The van der Waals surface area contributed by atoms with Crippen LogP contribution in [0.4, 0.5) is 0 Å². The fraction of sp³-hybridized carbons (Fsp3) is 0.250. The number of hydrogen-bond acceptors (Lipinski definition) is 3. The van der Waals surface area contributed by atoms with E-state index in [0.717, 1.165) is 18.7 Å². The molecule has 0 bridgehead atoms. The molecule has 0 saturated heterocycles. The number of rotatable bonds is 1. The summed E-state index contributed by atoms with van der Waals surface area (Å²) in [6.07, 6.45) is 0. The normalized spacial score (nSPS) is 17.1. The smallest absolute Gasteiger partial charge is 0.157 e. The van der Waals surface area contributed by atoms with Gasteiger partial charge in [-0.2, -0.15) is 0 Å². The minimum Gasteiger partial charge on any atom is -0.504 e. The van der Waals surface area contributed by atoms with Gasteiger partial charge < -0.3 is 15.5 Å². The van der Waals surface area contributed by atoms with Crippen LogP contribution in [-0.2, 0) is 6.54 Å². The van der Waals surface area contributed by atoms with Gasteiger partial charge in [0.05, 0.1) is 0 Å². The van der Waals surface area contributed by atoms with Gasteiger partial charge in [0.2, 0.25) is 0 Å². The van der Waals surface area contributed by atoms with Crippen LogP contribution in [0.25, 0.3) is 0 Å². The van der Waals surface area contributed by atoms with E-state index >= 15 is 0 Å². The lowest BCUT2D eigenvalue weighted by Gasteiger charge is -2.27. The van der Waals surface area contributed by atoms with Gasteiger partial charge in [-0.3, -0.25) is 0 Å². The van der Waals surface area contributed by atoms with Crippen molar-refractivity contribution < 1.29 is 10.2 Å². The molecule has 4 heteroatoms. The molecule has 2 aromatic carbocycles. The summed E-state index contributed by atoms with van der Waals surface area (Å²) in [5.74, 6) is 0.0874. The van der Waals surface area contributed by atoms with Crippen LogP contribution >= 0.6 is 17.0 Å². The number of phenolic OH excluding ortho intramolecular Hbond substituents is 2. The molecule has 1 heterocycles. The fourth-order valence-electron chi connectivity index (χ4n) is 2.72. The molecule has 20 heavy (non-hydrogen) atoms. The molecule has 0 saturated carbocycles. The summed E-state index contributed by atoms with van der Waals surface area (Å²) in [5.41, 5.74) is 4.88. The largest absolute Gasteiger partial charge is 0.504 e. The molecule has 1 aliphatic heterocycles. The predicted molar refractivity (Wildman–Crippen MR) is 84.8 cm³/mol. The van der Waals surface area contributed by atoms with Crippen LogP contribution in [0.3, 0.4) is 0 Å². The third-order valence-electron chi connectivity index (χ3n) is 3.74. The summed E-state index contributed by atoms with van der Waals surface area (Å²) >= 11 is 0. The minimum atomic E-state index is -0.0722. The topological polar surface area (TPSA) is 52.5 Å². The highest BCUT2D eigenvalue weighted by Crippen LogP contribution is 2.34. The summed E-state index contributed by atoms with van der Waals surface area (Å²) in [5, 5.41) is 22.5. The van der Waals surface area contributed by atoms with E-state index < -0.39 is 0 Å². The number of fused-ring (bicyclic) bond motifs is 1. The van der Waals surface area contributed by atoms with Crippen LogP contribution in [0.1, 0.15) is 28.2 Å². The van der Waals surface area contributed by atoms with Crippen molar-refractivity contribution in [3.8, 4) is 11.5 Å². The second kappa shape index (κ2) is 5.85. The van der Waals surface area contributed by atoms with Crippen LogP contribution in [0.2, 0.25) is 0 Å². The van der Waals surface area contributed by atoms with Crippen molar-refractivity contribution >= 4 is 17.0 Å². The third-order valence-corrected chi connectivity index (χ3v) is 3.74. The van der Waals surface area contributed by atoms with Gasteiger partial charge in [-0.15, -0.1) is 17.0 Å². The van der Waals surface area contributed by atoms with E-state index in [2.05, 4.69) is 30.4 Å². The molecule has 3 rings (SSSR count). The molecular weight excluding hydrogens is 318 g/mol. The monoisotopic (exact) mass is 335 g/mol. The van der Waals surface area contributed by atoms with Gasteiger partial charge in [0.25, 0.3) is 0 Å². The number of halogens is 1. The first-order valence-electron chi connectivity index (χ1n) is 6.47. The third kappa shape index (κ3) is 2.67. The van der Waals surface area contributed by atoms with E-state index in [1.807, 2.05) is 6.07 Å². The SMILES string of the molecule is Br.Cc1ccc2c(c1)C(c1ccc(O)c(O)c1)CNC2. The molecule has 1 atom stereocenters. The maximum atomic E-state index is 9.66. The van der Waals surface area contributed by atoms with Gasteiger partial charge in [-0.25, -0.2) is 0 Å². The van der Waals surface area contributed by atoms with Crippen LogP contribution in [0, 0.1) is 6.92 Å². The molecule has 0 aromatic heterocycles. The summed E-state index contributed by atoms with van der Waals surface area (Å²) in [6.45, 7) is 3.82. The first-order valence-corrected chi connectivity index (χ1v) is 6.47. The standard InChI is InChI=1S/C16H17NO2.BrH/c1-10-2-3-12-8-17-9-14(13(12)6-10)11-4-5-15(18)16(19)7-11;/h2-7,14,17-19H,8-9H2,1H3;1H. The first-order chi connectivity index (χ1) is 9.15. The number of aryl methyl sites for hydroxylation is 1. The fourth-order valence-corrected chi connectivity index (χ4v) is 2.72. The Kier molecular flexibility index (Phi) is 4.35. The van der Waals surface area contributed by atoms with Gasteiger partial charge in [-0.1, -0.05) is 29.8 Å². The Morgan fingerprint density at radius 2 is 1.85 bits per heavy atom. The number of benzene rings is 2. The molecule has 2 aromatic rings. The summed E-state index contributed by atoms with van der Waals surface area (Å²) in [6, 6.07) is 11.6. The van der Waals surface area contributed by atoms with Gasteiger partial charge >= 0.3 is 0 Å². The number of aromatic hydroxyl groups is 2. The van der Waals surface area contributed by atoms with Gasteiger partial charge in [-0.05, 0) is 35.7 Å². The van der Waals surface area contributed by atoms with E-state index in [-0.39, 0.29) is 34.4 Å². The minimum absolute atomic E-state index is 0. The molecule has 0 spiro atoms. The molecule has 1 aliphatic rings. The number of hydrogen-bond donors (Lipinski definition) is 3. The molecular formula is C16H18BrNO2. The van der Waals surface area contributed by atoms with E-state index in [1.54, 1.807) is 12.1 Å². The molecule has 0 fully saturated rings. The van der Waals surface area contributed by atoms with E-state index in [4.69, 9.17) is 0 Å². The lowest BCUT2D eigenvalue weighted by atomic mass is 9.84. The molecule has 0 aliphatic carbocycles. The quantitative estimate of drug-likeness (QED) is 0.701. The zero-order valence-corrected chi connectivity index (χ0v) is 13.0. The molecule has 0 amide bonds. The Morgan fingerprint density at radius 3 is 2.60 bits per heavy atom. The highest BCUT2D eigenvalue weighted by Gasteiger charge is 2.22. The Bertz CT molecular complexity index is 628. The molecule has 1 unspecified atom stereocenters. The van der Waals surface area contributed by atoms with Crippen LogP contribution < -0.4 is 5.32 Å². The summed E-state index contributed by atoms with van der Waals surface area (Å²) in [4.78, 5) is 0. The lowest BCUT2D eigenvalue weighted by molar-refractivity contribution is 0.402. The molecule has 3 N–H and O–H groups in total. The van der Waals surface area contributed by atoms with Crippen molar-refractivity contribution in [1.82, 2.24) is 5.32 Å². The van der Waals surface area contributed by atoms with Crippen molar-refractivity contribution in [2.75, 3.05) is 6.54 Å². The maximum Gasteiger partial charge on any atom is 0.157 e.